The van der Waals surface area contributed by atoms with E-state index in [0.717, 1.165) is 0 Å². The van der Waals surface area contributed by atoms with Gasteiger partial charge in [0.05, 0.1) is 35.5 Å². The first-order valence-corrected chi connectivity index (χ1v) is 10.1. The molecule has 2 aromatic rings. The lowest BCUT2D eigenvalue weighted by molar-refractivity contribution is 0.0535. The highest BCUT2D eigenvalue weighted by Crippen LogP contribution is 2.38. The average Bonchev–Trinajstić information content (AvgIpc) is 2.86. The van der Waals surface area contributed by atoms with Crippen molar-refractivity contribution in [3.63, 3.8) is 0 Å². The minimum Gasteiger partial charge on any atom is -0.493 e. The molecule has 9 nitrogen and oxygen atoms in total. The second kappa shape index (κ2) is 10.1. The number of benzene rings is 2. The Morgan fingerprint density at radius 3 is 1.47 bits per heavy atom. The fraction of sp³-hybridized carbons (Fsp3) is 0.391. The number of carbonyl (C=O) groups excluding carboxylic acids is 2. The van der Waals surface area contributed by atoms with E-state index in [1.54, 1.807) is 47.2 Å². The number of rotatable bonds is 7. The van der Waals surface area contributed by atoms with Gasteiger partial charge in [-0.25, -0.2) is 0 Å². The highest BCUT2D eigenvalue weighted by molar-refractivity contribution is 5.97. The van der Waals surface area contributed by atoms with Crippen molar-refractivity contribution < 1.29 is 33.3 Å². The van der Waals surface area contributed by atoms with Crippen LogP contribution in [0, 0.1) is 0 Å². The summed E-state index contributed by atoms with van der Waals surface area (Å²) in [5, 5.41) is 0. The highest BCUT2D eigenvalue weighted by atomic mass is 16.5. The number of hydrogen-bond donors (Lipinski definition) is 0. The molecule has 0 aliphatic carbocycles. The van der Waals surface area contributed by atoms with Crippen LogP contribution in [0.2, 0.25) is 0 Å². The van der Waals surface area contributed by atoms with Gasteiger partial charge in [0.1, 0.15) is 0 Å². The van der Waals surface area contributed by atoms with E-state index in [0.29, 0.717) is 66.1 Å². The molecule has 0 bridgehead atoms. The van der Waals surface area contributed by atoms with E-state index in [-0.39, 0.29) is 11.8 Å². The molecular weight excluding hydrogens is 416 g/mol. The molecule has 1 heterocycles. The molecule has 0 atom stereocenters. The Balaban J connectivity index is 1.70. The van der Waals surface area contributed by atoms with Gasteiger partial charge in [0.25, 0.3) is 11.8 Å². The maximum absolute atomic E-state index is 13.1. The Bertz CT molecular complexity index is 959. The summed E-state index contributed by atoms with van der Waals surface area (Å²) in [6, 6.07) is 8.33. The van der Waals surface area contributed by atoms with Crippen LogP contribution >= 0.6 is 0 Å². The van der Waals surface area contributed by atoms with Gasteiger partial charge in [0, 0.05) is 37.3 Å². The summed E-state index contributed by atoms with van der Waals surface area (Å²) in [6.07, 6.45) is 0. The summed E-state index contributed by atoms with van der Waals surface area (Å²) >= 11 is 0. The van der Waals surface area contributed by atoms with Crippen LogP contribution < -0.4 is 23.7 Å². The van der Waals surface area contributed by atoms with Crippen molar-refractivity contribution in [2.45, 2.75) is 0 Å². The third kappa shape index (κ3) is 4.51. The molecule has 1 saturated heterocycles. The van der Waals surface area contributed by atoms with Crippen LogP contribution in [0.3, 0.4) is 0 Å². The Hall–Kier alpha value is -3.62. The lowest BCUT2D eigenvalue weighted by atomic mass is 10.1. The van der Waals surface area contributed by atoms with Crippen LogP contribution in [0.5, 0.6) is 28.7 Å². The van der Waals surface area contributed by atoms with Gasteiger partial charge >= 0.3 is 0 Å². The van der Waals surface area contributed by atoms with Crippen molar-refractivity contribution >= 4 is 11.8 Å². The van der Waals surface area contributed by atoms with Crippen LogP contribution in [-0.2, 0) is 0 Å². The second-order valence-corrected chi connectivity index (χ2v) is 7.07. The second-order valence-electron chi connectivity index (χ2n) is 7.07. The van der Waals surface area contributed by atoms with Crippen molar-refractivity contribution in [1.82, 2.24) is 9.80 Å². The van der Waals surface area contributed by atoms with Crippen molar-refractivity contribution in [2.24, 2.45) is 0 Å². The van der Waals surface area contributed by atoms with E-state index < -0.39 is 0 Å². The van der Waals surface area contributed by atoms with Crippen LogP contribution in [-0.4, -0.2) is 83.3 Å². The molecule has 0 unspecified atom stereocenters. The maximum Gasteiger partial charge on any atom is 0.254 e. The number of hydrogen-bond acceptors (Lipinski definition) is 7. The smallest absolute Gasteiger partial charge is 0.254 e. The number of carbonyl (C=O) groups is 2. The van der Waals surface area contributed by atoms with Crippen LogP contribution in [0.25, 0.3) is 0 Å². The quantitative estimate of drug-likeness (QED) is 0.648. The molecule has 0 aromatic heterocycles. The standard InChI is InChI=1S/C23H28N2O7/c1-28-17-7-6-15(12-18(17)29-2)22(26)24-8-10-25(11-9-24)23(27)16-13-19(30-3)21(32-5)20(14-16)31-4/h6-7,12-14H,8-11H2,1-5H3. The molecule has 0 saturated carbocycles. The van der Waals surface area contributed by atoms with Gasteiger partial charge in [-0.05, 0) is 30.3 Å². The average molecular weight is 444 g/mol. The predicted molar refractivity (Wildman–Crippen MR) is 117 cm³/mol. The fourth-order valence-electron chi connectivity index (χ4n) is 3.65. The van der Waals surface area contributed by atoms with Crippen LogP contribution in [0.1, 0.15) is 20.7 Å². The van der Waals surface area contributed by atoms with Gasteiger partial charge in [0.2, 0.25) is 5.75 Å². The van der Waals surface area contributed by atoms with Gasteiger partial charge in [0.15, 0.2) is 23.0 Å². The van der Waals surface area contributed by atoms with Crippen molar-refractivity contribution in [3.8, 4) is 28.7 Å². The van der Waals surface area contributed by atoms with E-state index in [1.807, 2.05) is 0 Å². The minimum absolute atomic E-state index is 0.120. The Morgan fingerprint density at radius 2 is 1.03 bits per heavy atom. The summed E-state index contributed by atoms with van der Waals surface area (Å²) in [4.78, 5) is 29.4. The maximum atomic E-state index is 13.1. The topological polar surface area (TPSA) is 86.8 Å². The molecule has 9 heteroatoms. The summed E-state index contributed by atoms with van der Waals surface area (Å²) in [5.74, 6) is 2.03. The number of piperazine rings is 1. The Morgan fingerprint density at radius 1 is 0.594 bits per heavy atom. The minimum atomic E-state index is -0.164. The van der Waals surface area contributed by atoms with Gasteiger partial charge in [-0.3, -0.25) is 9.59 Å². The summed E-state index contributed by atoms with van der Waals surface area (Å²) in [7, 11) is 7.59. The van der Waals surface area contributed by atoms with Gasteiger partial charge < -0.3 is 33.5 Å². The van der Waals surface area contributed by atoms with E-state index >= 15 is 0 Å². The zero-order chi connectivity index (χ0) is 23.3. The van der Waals surface area contributed by atoms with E-state index in [2.05, 4.69) is 0 Å². The lowest BCUT2D eigenvalue weighted by Crippen LogP contribution is -2.50. The van der Waals surface area contributed by atoms with Crippen molar-refractivity contribution in [1.29, 1.82) is 0 Å². The summed E-state index contributed by atoms with van der Waals surface area (Å²) in [5.41, 5.74) is 0.936. The van der Waals surface area contributed by atoms with Gasteiger partial charge in [-0.1, -0.05) is 0 Å². The Labute approximate surface area is 187 Å². The third-order valence-electron chi connectivity index (χ3n) is 5.40. The molecule has 172 valence electrons. The van der Waals surface area contributed by atoms with Crippen LogP contribution in [0.15, 0.2) is 30.3 Å². The molecule has 0 N–H and O–H groups in total. The molecule has 0 spiro atoms. The molecule has 1 aliphatic heterocycles. The van der Waals surface area contributed by atoms with Crippen molar-refractivity contribution in [2.75, 3.05) is 61.7 Å². The number of amides is 2. The van der Waals surface area contributed by atoms with E-state index in [4.69, 9.17) is 23.7 Å². The molecular formula is C23H28N2O7. The first kappa shape index (κ1) is 23.1. The predicted octanol–water partition coefficient (Wildman–Crippen LogP) is 2.33. The molecule has 2 amide bonds. The number of ether oxygens (including phenoxy) is 5. The first-order chi connectivity index (χ1) is 15.5. The van der Waals surface area contributed by atoms with E-state index in [9.17, 15) is 9.59 Å². The first-order valence-electron chi connectivity index (χ1n) is 10.1. The number of nitrogens with zero attached hydrogens (tertiary/aromatic N) is 2. The van der Waals surface area contributed by atoms with E-state index in [1.165, 1.54) is 28.4 Å². The normalized spacial score (nSPS) is 13.4. The Kier molecular flexibility index (Phi) is 7.29. The SMILES string of the molecule is COc1ccc(C(=O)N2CCN(C(=O)c3cc(OC)c(OC)c(OC)c3)CC2)cc1OC. The largest absolute Gasteiger partial charge is 0.493 e. The molecule has 2 aromatic carbocycles. The third-order valence-corrected chi connectivity index (χ3v) is 5.40. The molecule has 0 radical (unpaired) electrons. The summed E-state index contributed by atoms with van der Waals surface area (Å²) in [6.45, 7) is 1.66. The lowest BCUT2D eigenvalue weighted by Gasteiger charge is -2.35. The zero-order valence-electron chi connectivity index (χ0n) is 19.0. The molecule has 1 fully saturated rings. The van der Waals surface area contributed by atoms with Gasteiger partial charge in [-0.15, -0.1) is 0 Å². The summed E-state index contributed by atoms with van der Waals surface area (Å²) < 4.78 is 26.5. The number of methoxy groups -OCH3 is 5. The molecule has 32 heavy (non-hydrogen) atoms. The highest BCUT2D eigenvalue weighted by Gasteiger charge is 2.27. The monoisotopic (exact) mass is 444 g/mol. The van der Waals surface area contributed by atoms with Crippen molar-refractivity contribution in [3.05, 3.63) is 41.5 Å². The fourth-order valence-corrected chi connectivity index (χ4v) is 3.65. The zero-order valence-corrected chi connectivity index (χ0v) is 19.0. The van der Waals surface area contributed by atoms with Crippen LogP contribution in [0.4, 0.5) is 0 Å². The molecule has 1 aliphatic rings. The molecule has 3 rings (SSSR count). The van der Waals surface area contributed by atoms with Gasteiger partial charge in [-0.2, -0.15) is 0 Å².